The first-order valence-corrected chi connectivity index (χ1v) is 6.82. The lowest BCUT2D eigenvalue weighted by atomic mass is 10.1. The van der Waals surface area contributed by atoms with Gasteiger partial charge in [0.1, 0.15) is 6.04 Å². The molecule has 0 saturated carbocycles. The molecule has 0 amide bonds. The van der Waals surface area contributed by atoms with Crippen molar-refractivity contribution in [3.05, 3.63) is 45.5 Å². The standard InChI is InChI=1S/C13H13Cl2N3O3/c1-7-17-11(18-21-7)6-16-12(13(19)20-2)9-4-3-8(14)5-10(9)15/h3-5,12,16H,6H2,1-2H3. The molecule has 1 atom stereocenters. The summed E-state index contributed by atoms with van der Waals surface area (Å²) in [5.41, 5.74) is 0.563. The zero-order valence-corrected chi connectivity index (χ0v) is 12.9. The number of aryl methyl sites for hydroxylation is 1. The highest BCUT2D eigenvalue weighted by molar-refractivity contribution is 6.35. The zero-order chi connectivity index (χ0) is 15.4. The first-order chi connectivity index (χ1) is 10.0. The van der Waals surface area contributed by atoms with Gasteiger partial charge in [0, 0.05) is 17.0 Å². The number of nitrogens with zero attached hydrogens (tertiary/aromatic N) is 2. The molecular weight excluding hydrogens is 317 g/mol. The van der Waals surface area contributed by atoms with Gasteiger partial charge in [-0.2, -0.15) is 4.98 Å². The number of nitrogens with one attached hydrogen (secondary N) is 1. The molecule has 2 rings (SSSR count). The third-order valence-corrected chi connectivity index (χ3v) is 3.31. The van der Waals surface area contributed by atoms with Gasteiger partial charge in [-0.1, -0.05) is 34.4 Å². The second-order valence-electron chi connectivity index (χ2n) is 4.23. The molecule has 1 aromatic heterocycles. The average Bonchev–Trinajstić information content (AvgIpc) is 2.86. The maximum atomic E-state index is 11.9. The number of methoxy groups -OCH3 is 1. The van der Waals surface area contributed by atoms with Gasteiger partial charge in [-0.25, -0.2) is 4.79 Å². The van der Waals surface area contributed by atoms with Crippen LogP contribution < -0.4 is 5.32 Å². The SMILES string of the molecule is COC(=O)C(NCc1noc(C)n1)c1ccc(Cl)cc1Cl. The fourth-order valence-electron chi connectivity index (χ4n) is 1.78. The highest BCUT2D eigenvalue weighted by atomic mass is 35.5. The molecule has 21 heavy (non-hydrogen) atoms. The maximum Gasteiger partial charge on any atom is 0.327 e. The average molecular weight is 330 g/mol. The van der Waals surface area contributed by atoms with E-state index in [-0.39, 0.29) is 6.54 Å². The Morgan fingerprint density at radius 3 is 2.81 bits per heavy atom. The van der Waals surface area contributed by atoms with Crippen molar-refractivity contribution in [3.63, 3.8) is 0 Å². The molecule has 0 aliphatic rings. The highest BCUT2D eigenvalue weighted by Crippen LogP contribution is 2.27. The van der Waals surface area contributed by atoms with Crippen molar-refractivity contribution in [1.82, 2.24) is 15.5 Å². The van der Waals surface area contributed by atoms with Gasteiger partial charge in [-0.3, -0.25) is 5.32 Å². The van der Waals surface area contributed by atoms with Gasteiger partial charge in [-0.15, -0.1) is 0 Å². The number of esters is 1. The van der Waals surface area contributed by atoms with Crippen LogP contribution in [0, 0.1) is 6.92 Å². The van der Waals surface area contributed by atoms with Crippen molar-refractivity contribution < 1.29 is 14.1 Å². The Morgan fingerprint density at radius 2 is 2.24 bits per heavy atom. The van der Waals surface area contributed by atoms with E-state index in [4.69, 9.17) is 32.5 Å². The molecule has 1 N–H and O–H groups in total. The summed E-state index contributed by atoms with van der Waals surface area (Å²) in [4.78, 5) is 16.0. The zero-order valence-electron chi connectivity index (χ0n) is 11.4. The summed E-state index contributed by atoms with van der Waals surface area (Å²) in [5.74, 6) is 0.414. The summed E-state index contributed by atoms with van der Waals surface area (Å²) in [7, 11) is 1.30. The minimum atomic E-state index is -0.751. The Balaban J connectivity index is 2.20. The normalized spacial score (nSPS) is 12.2. The van der Waals surface area contributed by atoms with E-state index >= 15 is 0 Å². The number of hydrogen-bond acceptors (Lipinski definition) is 6. The van der Waals surface area contributed by atoms with Crippen molar-refractivity contribution in [3.8, 4) is 0 Å². The van der Waals surface area contributed by atoms with E-state index in [1.165, 1.54) is 7.11 Å². The Labute approximate surface area is 131 Å². The Kier molecular flexibility index (Phi) is 5.17. The van der Waals surface area contributed by atoms with E-state index in [0.717, 1.165) is 0 Å². The molecule has 112 valence electrons. The van der Waals surface area contributed by atoms with E-state index in [9.17, 15) is 4.79 Å². The van der Waals surface area contributed by atoms with Gasteiger partial charge >= 0.3 is 5.97 Å². The van der Waals surface area contributed by atoms with E-state index in [1.54, 1.807) is 25.1 Å². The maximum absolute atomic E-state index is 11.9. The monoisotopic (exact) mass is 329 g/mol. The molecule has 8 heteroatoms. The van der Waals surface area contributed by atoms with Gasteiger partial charge in [0.2, 0.25) is 5.89 Å². The summed E-state index contributed by atoms with van der Waals surface area (Å²) in [6.07, 6.45) is 0. The predicted octanol–water partition coefficient (Wildman–Crippen LogP) is 2.69. The fourth-order valence-corrected chi connectivity index (χ4v) is 2.30. The smallest absolute Gasteiger partial charge is 0.327 e. The van der Waals surface area contributed by atoms with Crippen LogP contribution >= 0.6 is 23.2 Å². The summed E-state index contributed by atoms with van der Waals surface area (Å²) in [6, 6.07) is 4.13. The van der Waals surface area contributed by atoms with E-state index in [1.807, 2.05) is 0 Å². The summed E-state index contributed by atoms with van der Waals surface area (Å²) in [5, 5.41) is 7.60. The number of hydrogen-bond donors (Lipinski definition) is 1. The van der Waals surface area contributed by atoms with E-state index in [2.05, 4.69) is 15.5 Å². The van der Waals surface area contributed by atoms with Gasteiger partial charge < -0.3 is 9.26 Å². The molecule has 0 fully saturated rings. The summed E-state index contributed by atoms with van der Waals surface area (Å²) >= 11 is 12.0. The van der Waals surface area contributed by atoms with Gasteiger partial charge in [0.15, 0.2) is 5.82 Å². The molecule has 0 radical (unpaired) electrons. The molecular formula is C13H13Cl2N3O3. The Hall–Kier alpha value is -1.63. The second kappa shape index (κ2) is 6.89. The molecule has 2 aromatic rings. The summed E-state index contributed by atoms with van der Waals surface area (Å²) in [6.45, 7) is 1.92. The van der Waals surface area contributed by atoms with Crippen LogP contribution in [0.5, 0.6) is 0 Å². The molecule has 0 saturated heterocycles. The van der Waals surface area contributed by atoms with Gasteiger partial charge in [0.25, 0.3) is 0 Å². The number of rotatable bonds is 5. The molecule has 0 aliphatic carbocycles. The lowest BCUT2D eigenvalue weighted by Gasteiger charge is -2.17. The molecule has 0 bridgehead atoms. The quantitative estimate of drug-likeness (QED) is 0.850. The Bertz CT molecular complexity index is 645. The van der Waals surface area contributed by atoms with Crippen LogP contribution in [0.1, 0.15) is 23.3 Å². The molecule has 6 nitrogen and oxygen atoms in total. The lowest BCUT2D eigenvalue weighted by Crippen LogP contribution is -2.30. The van der Waals surface area contributed by atoms with Crippen molar-refractivity contribution in [2.45, 2.75) is 19.5 Å². The van der Waals surface area contributed by atoms with Crippen molar-refractivity contribution in [2.75, 3.05) is 7.11 Å². The summed E-state index contributed by atoms with van der Waals surface area (Å²) < 4.78 is 9.66. The third kappa shape index (κ3) is 3.93. The van der Waals surface area contributed by atoms with Crippen molar-refractivity contribution in [1.29, 1.82) is 0 Å². The molecule has 1 heterocycles. The number of aromatic nitrogens is 2. The van der Waals surface area contributed by atoms with Crippen molar-refractivity contribution >= 4 is 29.2 Å². The van der Waals surface area contributed by atoms with E-state index in [0.29, 0.717) is 27.3 Å². The largest absolute Gasteiger partial charge is 0.468 e. The van der Waals surface area contributed by atoms with Gasteiger partial charge in [-0.05, 0) is 17.7 Å². The Morgan fingerprint density at radius 1 is 1.48 bits per heavy atom. The first-order valence-electron chi connectivity index (χ1n) is 6.06. The highest BCUT2D eigenvalue weighted by Gasteiger charge is 2.24. The van der Waals surface area contributed by atoms with E-state index < -0.39 is 12.0 Å². The fraction of sp³-hybridized carbons (Fsp3) is 0.308. The van der Waals surface area contributed by atoms with Crippen LogP contribution in [-0.2, 0) is 16.1 Å². The number of halogens is 2. The lowest BCUT2D eigenvalue weighted by molar-refractivity contribution is -0.143. The predicted molar refractivity (Wildman–Crippen MR) is 77.1 cm³/mol. The van der Waals surface area contributed by atoms with Crippen molar-refractivity contribution in [2.24, 2.45) is 0 Å². The van der Waals surface area contributed by atoms with Crippen LogP contribution in [0.3, 0.4) is 0 Å². The number of carbonyl (C=O) groups excluding carboxylic acids is 1. The third-order valence-electron chi connectivity index (χ3n) is 2.74. The number of benzene rings is 1. The minimum Gasteiger partial charge on any atom is -0.468 e. The number of carbonyl (C=O) groups is 1. The van der Waals surface area contributed by atoms with Crippen LogP contribution in [-0.4, -0.2) is 23.2 Å². The topological polar surface area (TPSA) is 77.2 Å². The van der Waals surface area contributed by atoms with Crippen LogP contribution in [0.15, 0.2) is 22.7 Å². The molecule has 0 aliphatic heterocycles. The van der Waals surface area contributed by atoms with Crippen LogP contribution in [0.2, 0.25) is 10.0 Å². The molecule has 1 aromatic carbocycles. The van der Waals surface area contributed by atoms with Crippen LogP contribution in [0.4, 0.5) is 0 Å². The minimum absolute atomic E-state index is 0.232. The molecule has 1 unspecified atom stereocenters. The van der Waals surface area contributed by atoms with Gasteiger partial charge in [0.05, 0.1) is 13.7 Å². The molecule has 0 spiro atoms. The van der Waals surface area contributed by atoms with Crippen LogP contribution in [0.25, 0.3) is 0 Å². The first kappa shape index (κ1) is 15.8. The number of ether oxygens (including phenoxy) is 1. The second-order valence-corrected chi connectivity index (χ2v) is 5.08.